The first-order chi connectivity index (χ1) is 11.6. The molecule has 1 aliphatic rings. The van der Waals surface area contributed by atoms with Crippen LogP contribution in [0.3, 0.4) is 0 Å². The quantitative estimate of drug-likeness (QED) is 0.924. The highest BCUT2D eigenvalue weighted by Gasteiger charge is 2.29. The molecule has 24 heavy (non-hydrogen) atoms. The Hall–Kier alpha value is -1.92. The number of likely N-dealkylation sites (tertiary alicyclic amines) is 1. The molecule has 0 bridgehead atoms. The number of carbonyl (C=O) groups is 1. The van der Waals surface area contributed by atoms with Crippen LogP contribution in [0, 0.1) is 0 Å². The van der Waals surface area contributed by atoms with Crippen LogP contribution < -0.4 is 10.5 Å². The van der Waals surface area contributed by atoms with Crippen molar-refractivity contribution in [2.75, 3.05) is 13.2 Å². The van der Waals surface area contributed by atoms with Crippen molar-refractivity contribution in [2.24, 2.45) is 5.73 Å². The maximum Gasteiger partial charge on any atom is 0.273 e. The van der Waals surface area contributed by atoms with Gasteiger partial charge < -0.3 is 15.4 Å². The lowest BCUT2D eigenvalue weighted by atomic mass is 9.99. The minimum Gasteiger partial charge on any atom is -0.494 e. The SMILES string of the molecule is CCOc1ccc(-c2nc(C(=O)N3CCC(N)CC3C)cs2)cc1. The van der Waals surface area contributed by atoms with E-state index in [2.05, 4.69) is 11.9 Å². The molecule has 0 saturated carbocycles. The van der Waals surface area contributed by atoms with Crippen LogP contribution in [0.25, 0.3) is 10.6 Å². The lowest BCUT2D eigenvalue weighted by Gasteiger charge is -2.35. The van der Waals surface area contributed by atoms with Crippen molar-refractivity contribution in [2.45, 2.75) is 38.8 Å². The van der Waals surface area contributed by atoms with Gasteiger partial charge >= 0.3 is 0 Å². The molecule has 1 amide bonds. The minimum absolute atomic E-state index is 0.00263. The van der Waals surface area contributed by atoms with Crippen LogP contribution in [0.15, 0.2) is 29.6 Å². The molecule has 2 N–H and O–H groups in total. The van der Waals surface area contributed by atoms with Gasteiger partial charge in [0.05, 0.1) is 6.61 Å². The number of aromatic nitrogens is 1. The highest BCUT2D eigenvalue weighted by atomic mass is 32.1. The van der Waals surface area contributed by atoms with Crippen molar-refractivity contribution in [1.29, 1.82) is 0 Å². The van der Waals surface area contributed by atoms with E-state index in [-0.39, 0.29) is 18.0 Å². The highest BCUT2D eigenvalue weighted by molar-refractivity contribution is 7.13. The van der Waals surface area contributed by atoms with Gasteiger partial charge in [0, 0.05) is 29.6 Å². The first-order valence-corrected chi connectivity index (χ1v) is 9.21. The van der Waals surface area contributed by atoms with Crippen LogP contribution in [0.4, 0.5) is 0 Å². The Labute approximate surface area is 146 Å². The van der Waals surface area contributed by atoms with E-state index in [0.717, 1.165) is 29.2 Å². The van der Waals surface area contributed by atoms with Gasteiger partial charge in [-0.1, -0.05) is 0 Å². The number of benzene rings is 1. The second-order valence-corrected chi connectivity index (χ2v) is 6.99. The van der Waals surface area contributed by atoms with Gasteiger partial charge in [-0.3, -0.25) is 4.79 Å². The number of rotatable bonds is 4. The molecule has 128 valence electrons. The molecule has 0 radical (unpaired) electrons. The number of carbonyl (C=O) groups excluding carboxylic acids is 1. The summed E-state index contributed by atoms with van der Waals surface area (Å²) in [7, 11) is 0. The Bertz CT molecular complexity index is 699. The molecule has 1 aromatic carbocycles. The van der Waals surface area contributed by atoms with Gasteiger partial charge in [0.1, 0.15) is 16.5 Å². The highest BCUT2D eigenvalue weighted by Crippen LogP contribution is 2.27. The average molecular weight is 345 g/mol. The summed E-state index contributed by atoms with van der Waals surface area (Å²) in [4.78, 5) is 19.1. The zero-order valence-electron chi connectivity index (χ0n) is 14.1. The van der Waals surface area contributed by atoms with E-state index in [1.165, 1.54) is 11.3 Å². The van der Waals surface area contributed by atoms with E-state index in [0.29, 0.717) is 18.8 Å². The molecule has 2 unspecified atom stereocenters. The number of thiazole rings is 1. The van der Waals surface area contributed by atoms with Crippen molar-refractivity contribution in [3.63, 3.8) is 0 Å². The number of amides is 1. The standard InChI is InChI=1S/C18H23N3O2S/c1-3-23-15-6-4-13(5-7-15)17-20-16(11-24-17)18(22)21-9-8-14(19)10-12(21)2/h4-7,11-12,14H,3,8-10,19H2,1-2H3. The molecule has 6 heteroatoms. The van der Waals surface area contributed by atoms with E-state index in [1.807, 2.05) is 41.5 Å². The van der Waals surface area contributed by atoms with Crippen molar-refractivity contribution in [3.05, 3.63) is 35.3 Å². The summed E-state index contributed by atoms with van der Waals surface area (Å²) in [5, 5.41) is 2.69. The van der Waals surface area contributed by atoms with Crippen LogP contribution in [-0.4, -0.2) is 41.0 Å². The second kappa shape index (κ2) is 7.32. The Morgan fingerprint density at radius 3 is 2.83 bits per heavy atom. The maximum atomic E-state index is 12.7. The molecule has 1 aliphatic heterocycles. The van der Waals surface area contributed by atoms with Gasteiger partial charge in [0.25, 0.3) is 5.91 Å². The zero-order valence-corrected chi connectivity index (χ0v) is 14.9. The summed E-state index contributed by atoms with van der Waals surface area (Å²) >= 11 is 1.49. The fourth-order valence-corrected chi connectivity index (χ4v) is 3.82. The Morgan fingerprint density at radius 2 is 2.17 bits per heavy atom. The average Bonchev–Trinajstić information content (AvgIpc) is 3.05. The lowest BCUT2D eigenvalue weighted by molar-refractivity contribution is 0.0614. The molecular formula is C18H23N3O2S. The third kappa shape index (κ3) is 3.60. The van der Waals surface area contributed by atoms with E-state index in [9.17, 15) is 4.79 Å². The van der Waals surface area contributed by atoms with E-state index in [1.54, 1.807) is 0 Å². The molecular weight excluding hydrogens is 322 g/mol. The van der Waals surface area contributed by atoms with Gasteiger partial charge in [-0.05, 0) is 51.0 Å². The topological polar surface area (TPSA) is 68.5 Å². The summed E-state index contributed by atoms with van der Waals surface area (Å²) in [5.41, 5.74) is 7.49. The van der Waals surface area contributed by atoms with Crippen LogP contribution in [-0.2, 0) is 0 Å². The van der Waals surface area contributed by atoms with Crippen LogP contribution >= 0.6 is 11.3 Å². The monoisotopic (exact) mass is 345 g/mol. The summed E-state index contributed by atoms with van der Waals surface area (Å²) in [6, 6.07) is 8.16. The van der Waals surface area contributed by atoms with Gasteiger partial charge in [0.2, 0.25) is 0 Å². The smallest absolute Gasteiger partial charge is 0.273 e. The summed E-state index contributed by atoms with van der Waals surface area (Å²) in [5.74, 6) is 0.843. The second-order valence-electron chi connectivity index (χ2n) is 6.13. The fraction of sp³-hybridized carbons (Fsp3) is 0.444. The third-order valence-corrected chi connectivity index (χ3v) is 5.20. The number of nitrogens with two attached hydrogens (primary N) is 1. The minimum atomic E-state index is 0.00263. The normalized spacial score (nSPS) is 20.9. The third-order valence-electron chi connectivity index (χ3n) is 4.31. The zero-order chi connectivity index (χ0) is 17.1. The van der Waals surface area contributed by atoms with Crippen LogP contribution in [0.1, 0.15) is 37.2 Å². The van der Waals surface area contributed by atoms with Crippen molar-refractivity contribution in [3.8, 4) is 16.3 Å². The van der Waals surface area contributed by atoms with Crippen LogP contribution in [0.2, 0.25) is 0 Å². The largest absolute Gasteiger partial charge is 0.494 e. The molecule has 3 rings (SSSR count). The molecule has 2 aromatic rings. The van der Waals surface area contributed by atoms with Crippen molar-refractivity contribution < 1.29 is 9.53 Å². The molecule has 2 atom stereocenters. The van der Waals surface area contributed by atoms with Gasteiger partial charge in [-0.15, -0.1) is 11.3 Å². The first kappa shape index (κ1) is 16.9. The van der Waals surface area contributed by atoms with Crippen molar-refractivity contribution >= 4 is 17.2 Å². The molecule has 1 aromatic heterocycles. The summed E-state index contributed by atoms with van der Waals surface area (Å²) < 4.78 is 5.45. The molecule has 0 aliphatic carbocycles. The summed E-state index contributed by atoms with van der Waals surface area (Å²) in [6.45, 7) is 5.36. The number of hydrogen-bond donors (Lipinski definition) is 1. The molecule has 0 spiro atoms. The molecule has 1 fully saturated rings. The number of ether oxygens (including phenoxy) is 1. The van der Waals surface area contributed by atoms with E-state index < -0.39 is 0 Å². The predicted octanol–water partition coefficient (Wildman–Crippen LogP) is 3.16. The Kier molecular flexibility index (Phi) is 5.16. The lowest BCUT2D eigenvalue weighted by Crippen LogP contribution is -2.48. The Balaban J connectivity index is 1.74. The van der Waals surface area contributed by atoms with Gasteiger partial charge in [-0.25, -0.2) is 4.98 Å². The fourth-order valence-electron chi connectivity index (χ4n) is 3.02. The molecule has 1 saturated heterocycles. The van der Waals surface area contributed by atoms with Crippen molar-refractivity contribution in [1.82, 2.24) is 9.88 Å². The maximum absolute atomic E-state index is 12.7. The number of piperidine rings is 1. The Morgan fingerprint density at radius 1 is 1.42 bits per heavy atom. The first-order valence-electron chi connectivity index (χ1n) is 8.33. The van der Waals surface area contributed by atoms with Gasteiger partial charge in [0.15, 0.2) is 0 Å². The number of hydrogen-bond acceptors (Lipinski definition) is 5. The molecule has 5 nitrogen and oxygen atoms in total. The van der Waals surface area contributed by atoms with Crippen LogP contribution in [0.5, 0.6) is 5.75 Å². The van der Waals surface area contributed by atoms with Gasteiger partial charge in [-0.2, -0.15) is 0 Å². The van der Waals surface area contributed by atoms with E-state index in [4.69, 9.17) is 10.5 Å². The summed E-state index contributed by atoms with van der Waals surface area (Å²) in [6.07, 6.45) is 1.70. The predicted molar refractivity (Wildman–Crippen MR) is 96.4 cm³/mol. The molecule has 2 heterocycles. The number of nitrogens with zero attached hydrogens (tertiary/aromatic N) is 2. The van der Waals surface area contributed by atoms with E-state index >= 15 is 0 Å².